The van der Waals surface area contributed by atoms with Crippen molar-refractivity contribution in [2.45, 2.75) is 240 Å². The largest absolute Gasteiger partial charge is 0.306 e. The predicted molar refractivity (Wildman–Crippen MR) is 307 cm³/mol. The Kier molecular flexibility index (Phi) is 43.5. The van der Waals surface area contributed by atoms with Gasteiger partial charge in [0.2, 0.25) is 0 Å². The molecule has 378 valence electrons. The SMILES string of the molecule is CCCCN1CC[CH2][Al]([CH2]CCC)[CH2]CC1.CCN1CC[CH2][Ga]([CH3])[CH2]CC1.CN1CCC[CH2][Ga]([CH3])[CH2]CCC1.CN1CC[CH2][Ga]([CH]2CCCCC2)[CH2]CC1.C[CH2][Al]1[CH2]CCN(C)CC[CH2]1. The zero-order valence-electron chi connectivity index (χ0n) is 46.5. The molecule has 1 saturated carbocycles. The van der Waals surface area contributed by atoms with E-state index in [1.807, 2.05) is 0 Å². The fraction of sp³-hybridized carbons (Fsp3) is 1.00. The van der Waals surface area contributed by atoms with Crippen LogP contribution < -0.4 is 0 Å². The van der Waals surface area contributed by atoms with Gasteiger partial charge in [-0.3, -0.25) is 0 Å². The Morgan fingerprint density at radius 1 is 0.415 bits per heavy atom. The van der Waals surface area contributed by atoms with E-state index < -0.39 is 48.7 Å². The summed E-state index contributed by atoms with van der Waals surface area (Å²) in [5.41, 5.74) is 5.17. The molecule has 6 aliphatic rings. The van der Waals surface area contributed by atoms with Crippen molar-refractivity contribution >= 4 is 77.0 Å². The molecule has 0 radical (unpaired) electrons. The van der Waals surface area contributed by atoms with Crippen molar-refractivity contribution in [1.82, 2.24) is 24.5 Å². The molecule has 6 rings (SSSR count). The molecule has 0 aromatic heterocycles. The molecule has 65 heavy (non-hydrogen) atoms. The summed E-state index contributed by atoms with van der Waals surface area (Å²) in [5, 5.41) is 9.61. The number of hydrogen-bond donors (Lipinski definition) is 0. The van der Waals surface area contributed by atoms with Crippen molar-refractivity contribution in [3.8, 4) is 0 Å². The van der Waals surface area contributed by atoms with E-state index in [1.165, 1.54) is 197 Å². The van der Waals surface area contributed by atoms with E-state index in [-0.39, 0.29) is 28.3 Å². The predicted octanol–water partition coefficient (Wildman–Crippen LogP) is 14.8. The average Bonchev–Trinajstić information content (AvgIpc) is 3.28. The molecule has 0 spiro atoms. The van der Waals surface area contributed by atoms with Crippen molar-refractivity contribution in [2.24, 2.45) is 0 Å². The second-order valence-corrected chi connectivity index (χ2v) is 52.2. The first kappa shape index (κ1) is 63.9. The van der Waals surface area contributed by atoms with Crippen LogP contribution in [0.5, 0.6) is 0 Å². The van der Waals surface area contributed by atoms with E-state index in [1.54, 1.807) is 81.9 Å². The van der Waals surface area contributed by atoms with E-state index in [2.05, 4.69) is 84.3 Å². The summed E-state index contributed by atoms with van der Waals surface area (Å²) in [7, 11) is 6.83. The molecule has 0 unspecified atom stereocenters. The Labute approximate surface area is 436 Å². The van der Waals surface area contributed by atoms with E-state index in [0.717, 1.165) is 0 Å². The maximum Gasteiger partial charge on any atom is 0.261 e. The van der Waals surface area contributed by atoms with Gasteiger partial charge < -0.3 is 9.80 Å². The van der Waals surface area contributed by atoms with E-state index in [9.17, 15) is 0 Å². The van der Waals surface area contributed by atoms with Crippen molar-refractivity contribution in [3.63, 3.8) is 0 Å². The van der Waals surface area contributed by atoms with Crippen LogP contribution in [0.1, 0.15) is 163 Å². The Hall–Kier alpha value is 2.77. The van der Waals surface area contributed by atoms with Crippen LogP contribution in [0, 0.1) is 0 Å². The number of unbranched alkanes of at least 4 members (excludes halogenated alkanes) is 2. The van der Waals surface area contributed by atoms with Gasteiger partial charge in [0, 0.05) is 0 Å². The number of hydrogen-bond acceptors (Lipinski definition) is 5. The van der Waals surface area contributed by atoms with Gasteiger partial charge >= 0.3 is 259 Å². The molecule has 10 heteroatoms. The molecule has 1 aliphatic carbocycles. The van der Waals surface area contributed by atoms with Crippen LogP contribution in [0.25, 0.3) is 0 Å². The quantitative estimate of drug-likeness (QED) is 0.213. The fourth-order valence-corrected chi connectivity index (χ4v) is 35.8. The van der Waals surface area contributed by atoms with Crippen molar-refractivity contribution in [1.29, 1.82) is 0 Å². The molecule has 0 atom stereocenters. The first-order valence-electron chi connectivity index (χ1n) is 30.2. The van der Waals surface area contributed by atoms with Crippen molar-refractivity contribution in [3.05, 3.63) is 0 Å². The molecule has 6 fully saturated rings. The number of nitrogens with zero attached hydrogens (tertiary/aromatic N) is 5. The van der Waals surface area contributed by atoms with E-state index >= 15 is 0 Å². The van der Waals surface area contributed by atoms with Gasteiger partial charge in [-0.2, -0.15) is 0 Å². The van der Waals surface area contributed by atoms with Gasteiger partial charge in [-0.05, 0) is 46.2 Å². The maximum atomic E-state index is 2.72. The van der Waals surface area contributed by atoms with Crippen LogP contribution in [0.4, 0.5) is 0 Å². The van der Waals surface area contributed by atoms with Gasteiger partial charge in [0.15, 0.2) is 0 Å². The van der Waals surface area contributed by atoms with Crippen LogP contribution in [-0.2, 0) is 0 Å². The molecular weight excluding hydrogens is 994 g/mol. The Bertz CT molecular complexity index is 922. The molecule has 5 saturated heterocycles. The summed E-state index contributed by atoms with van der Waals surface area (Å²) >= 11 is -2.71. The standard InChI is InChI=1S/C10H21N.C9H19N.C8H17N.2C7H15N.C6H11.C4H9.C2H5.2CH3.2Al.3Ga/c1-4-7-10-11(8-5-2)9-6-3;1-4-6-8-10(3)9-7-5-2;1-4-7-9(6-3)8-5-2;2*1-4-6-8(3)7-5-2;1-2-4-6-5-3-1;1-3-4-2;1-2;;;;;;;/h2-10H2,1H3;1-2,4-9H2,3H3;1-2,4-8H2,3H3;2*1-2,4-7H2,3H3;1H,2-6H2;1,3-4H2,2H3;1H2,2H3;2*1H3;;;;;. The first-order valence-corrected chi connectivity index (χ1v) is 51.6. The van der Waals surface area contributed by atoms with Crippen LogP contribution in [0.15, 0.2) is 0 Å². The maximum absolute atomic E-state index is 2.72. The molecule has 0 aromatic rings. The van der Waals surface area contributed by atoms with Crippen molar-refractivity contribution < 1.29 is 0 Å². The van der Waals surface area contributed by atoms with E-state index in [4.69, 9.17) is 0 Å². The number of rotatable bonds is 9. The van der Waals surface area contributed by atoms with Crippen LogP contribution in [0.3, 0.4) is 0 Å². The molecule has 0 bridgehead atoms. The third kappa shape index (κ3) is 35.5. The topological polar surface area (TPSA) is 16.2 Å². The minimum absolute atomic E-state index is 0.233. The smallest absolute Gasteiger partial charge is 0.261 e. The van der Waals surface area contributed by atoms with Gasteiger partial charge in [0.25, 0.3) is 28.3 Å². The van der Waals surface area contributed by atoms with Gasteiger partial charge in [0.05, 0.1) is 0 Å². The minimum atomic E-state index is -0.832. The monoisotopic (exact) mass is 1110 g/mol. The normalized spacial score (nSPS) is 23.3. The molecule has 0 aromatic carbocycles. The molecular formula is C55H118Al2Ga3N5. The third-order valence-corrected chi connectivity index (χ3v) is 45.2. The second kappa shape index (κ2) is 44.3. The average molecular weight is 1110 g/mol. The van der Waals surface area contributed by atoms with Gasteiger partial charge in [-0.1, -0.05) is 97.4 Å². The Balaban J connectivity index is 0.000000282. The molecule has 0 amide bonds. The van der Waals surface area contributed by atoms with Gasteiger partial charge in [0.1, 0.15) is 0 Å². The zero-order valence-corrected chi connectivity index (χ0v) is 56.1. The van der Waals surface area contributed by atoms with Crippen LogP contribution in [0.2, 0.25) is 77.0 Å². The summed E-state index contributed by atoms with van der Waals surface area (Å²) in [6.07, 6.45) is 31.5. The summed E-state index contributed by atoms with van der Waals surface area (Å²) in [5.74, 6) is 0. The third-order valence-electron chi connectivity index (χ3n) is 17.2. The fourth-order valence-electron chi connectivity index (χ4n) is 12.3. The Morgan fingerprint density at radius 2 is 0.831 bits per heavy atom. The molecule has 5 heterocycles. The second-order valence-electron chi connectivity index (χ2n) is 23.3. The van der Waals surface area contributed by atoms with Crippen LogP contribution >= 0.6 is 0 Å². The minimum Gasteiger partial charge on any atom is -0.306 e. The van der Waals surface area contributed by atoms with Crippen LogP contribution in [-0.4, -0.2) is 201 Å². The molecule has 0 N–H and O–H groups in total. The van der Waals surface area contributed by atoms with Gasteiger partial charge in [-0.25, -0.2) is 0 Å². The molecule has 5 nitrogen and oxygen atoms in total. The summed E-state index contributed by atoms with van der Waals surface area (Å²) in [6, 6.07) is 0. The first-order chi connectivity index (χ1) is 31.7. The summed E-state index contributed by atoms with van der Waals surface area (Å²) < 4.78 is 1.29. The van der Waals surface area contributed by atoms with Crippen molar-refractivity contribution in [2.75, 3.05) is 99.7 Å². The van der Waals surface area contributed by atoms with Gasteiger partial charge in [-0.15, -0.1) is 0 Å². The zero-order chi connectivity index (χ0) is 47.2. The summed E-state index contributed by atoms with van der Waals surface area (Å²) in [6.45, 7) is 25.7. The Morgan fingerprint density at radius 3 is 1.31 bits per heavy atom. The molecule has 5 aliphatic heterocycles. The summed E-state index contributed by atoms with van der Waals surface area (Å²) in [4.78, 5) is 22.8. The van der Waals surface area contributed by atoms with E-state index in [0.29, 0.717) is 0 Å².